The van der Waals surface area contributed by atoms with E-state index in [0.717, 1.165) is 5.56 Å². The zero-order valence-corrected chi connectivity index (χ0v) is 10.5. The van der Waals surface area contributed by atoms with Crippen molar-refractivity contribution in [1.29, 1.82) is 0 Å². The van der Waals surface area contributed by atoms with Crippen molar-refractivity contribution in [2.45, 2.75) is 6.92 Å². The largest absolute Gasteiger partial charge is 0.275 e. The van der Waals surface area contributed by atoms with Gasteiger partial charge in [0, 0.05) is 5.39 Å². The number of carbonyl (C=O) groups excluding carboxylic acids is 1. The third-order valence-corrected chi connectivity index (χ3v) is 3.12. The second kappa shape index (κ2) is 4.21. The van der Waals surface area contributed by atoms with E-state index in [2.05, 4.69) is 4.98 Å². The van der Waals surface area contributed by atoms with E-state index in [0.29, 0.717) is 15.9 Å². The fourth-order valence-corrected chi connectivity index (χ4v) is 2.10. The van der Waals surface area contributed by atoms with E-state index in [9.17, 15) is 4.79 Å². The molecule has 2 rings (SSSR count). The van der Waals surface area contributed by atoms with Crippen LogP contribution in [0.15, 0.2) is 18.2 Å². The summed E-state index contributed by atoms with van der Waals surface area (Å²) in [6.07, 6.45) is 0. The molecule has 2 aromatic rings. The summed E-state index contributed by atoms with van der Waals surface area (Å²) in [4.78, 5) is 15.2. The number of halogens is 3. The van der Waals surface area contributed by atoms with Crippen LogP contribution in [0.4, 0.5) is 0 Å². The highest BCUT2D eigenvalue weighted by Crippen LogP contribution is 2.29. The van der Waals surface area contributed by atoms with Crippen LogP contribution in [-0.4, -0.2) is 10.2 Å². The van der Waals surface area contributed by atoms with Gasteiger partial charge in [-0.05, 0) is 36.2 Å². The molecule has 1 aromatic carbocycles. The molecule has 0 radical (unpaired) electrons. The molecule has 82 valence electrons. The summed E-state index contributed by atoms with van der Waals surface area (Å²) in [5.74, 6) is 0. The van der Waals surface area contributed by atoms with Gasteiger partial charge in [-0.15, -0.1) is 0 Å². The van der Waals surface area contributed by atoms with Gasteiger partial charge < -0.3 is 0 Å². The Labute approximate surface area is 107 Å². The Bertz CT molecular complexity index is 595. The average molecular weight is 275 g/mol. The average Bonchev–Trinajstić information content (AvgIpc) is 2.23. The molecule has 0 fully saturated rings. The van der Waals surface area contributed by atoms with Crippen LogP contribution in [0.3, 0.4) is 0 Å². The summed E-state index contributed by atoms with van der Waals surface area (Å²) in [7, 11) is 0. The van der Waals surface area contributed by atoms with E-state index in [-0.39, 0.29) is 10.7 Å². The second-order valence-electron chi connectivity index (χ2n) is 3.36. The molecule has 0 atom stereocenters. The minimum Gasteiger partial charge on any atom is -0.275 e. The zero-order chi connectivity index (χ0) is 11.9. The lowest BCUT2D eigenvalue weighted by Gasteiger charge is -2.06. The molecule has 0 amide bonds. The highest BCUT2D eigenvalue weighted by molar-refractivity contribution is 6.68. The van der Waals surface area contributed by atoms with E-state index in [1.807, 2.05) is 13.0 Å². The van der Waals surface area contributed by atoms with Crippen molar-refractivity contribution in [3.8, 4) is 0 Å². The Morgan fingerprint density at radius 3 is 2.62 bits per heavy atom. The van der Waals surface area contributed by atoms with Gasteiger partial charge in [0.25, 0.3) is 5.24 Å². The maximum atomic E-state index is 11.1. The SMILES string of the molecule is Cc1ccc(Cl)c2cc(C(=O)Cl)c(Cl)nc12. The molecular weight excluding hydrogens is 268 g/mol. The van der Waals surface area contributed by atoms with Gasteiger partial charge in [0.2, 0.25) is 0 Å². The fraction of sp³-hybridized carbons (Fsp3) is 0.0909. The van der Waals surface area contributed by atoms with E-state index in [1.165, 1.54) is 0 Å². The number of hydrogen-bond acceptors (Lipinski definition) is 2. The van der Waals surface area contributed by atoms with Crippen molar-refractivity contribution in [3.63, 3.8) is 0 Å². The van der Waals surface area contributed by atoms with Crippen molar-refractivity contribution >= 4 is 50.9 Å². The number of aryl methyl sites for hydroxylation is 1. The molecule has 0 saturated carbocycles. The topological polar surface area (TPSA) is 30.0 Å². The van der Waals surface area contributed by atoms with Gasteiger partial charge in [0.05, 0.1) is 16.1 Å². The monoisotopic (exact) mass is 273 g/mol. The van der Waals surface area contributed by atoms with Crippen molar-refractivity contribution < 1.29 is 4.79 Å². The molecule has 5 heteroatoms. The van der Waals surface area contributed by atoms with Crippen LogP contribution in [0.25, 0.3) is 10.9 Å². The van der Waals surface area contributed by atoms with Crippen LogP contribution in [-0.2, 0) is 0 Å². The lowest BCUT2D eigenvalue weighted by Crippen LogP contribution is -1.95. The maximum absolute atomic E-state index is 11.1. The molecule has 0 aliphatic rings. The molecule has 1 heterocycles. The molecule has 0 unspecified atom stereocenters. The highest BCUT2D eigenvalue weighted by atomic mass is 35.5. The van der Waals surface area contributed by atoms with Crippen LogP contribution in [0, 0.1) is 6.92 Å². The van der Waals surface area contributed by atoms with E-state index >= 15 is 0 Å². The van der Waals surface area contributed by atoms with Crippen LogP contribution in [0.1, 0.15) is 15.9 Å². The smallest absolute Gasteiger partial charge is 0.255 e. The first-order valence-electron chi connectivity index (χ1n) is 4.46. The Hall–Kier alpha value is -0.830. The summed E-state index contributed by atoms with van der Waals surface area (Å²) < 4.78 is 0. The molecule has 2 nitrogen and oxygen atoms in total. The van der Waals surface area contributed by atoms with E-state index < -0.39 is 5.24 Å². The van der Waals surface area contributed by atoms with Crippen LogP contribution >= 0.6 is 34.8 Å². The predicted molar refractivity (Wildman–Crippen MR) is 66.7 cm³/mol. The molecule has 0 aliphatic carbocycles. The fourth-order valence-electron chi connectivity index (χ4n) is 1.48. The molecule has 16 heavy (non-hydrogen) atoms. The van der Waals surface area contributed by atoms with Crippen LogP contribution in [0.5, 0.6) is 0 Å². The molecule has 0 spiro atoms. The number of hydrogen-bond donors (Lipinski definition) is 0. The number of rotatable bonds is 1. The van der Waals surface area contributed by atoms with Gasteiger partial charge in [0.15, 0.2) is 0 Å². The summed E-state index contributed by atoms with van der Waals surface area (Å²) >= 11 is 17.3. The predicted octanol–water partition coefficient (Wildman–Crippen LogP) is 4.23. The van der Waals surface area contributed by atoms with Gasteiger partial charge in [0.1, 0.15) is 5.15 Å². The molecule has 0 aliphatic heterocycles. The van der Waals surface area contributed by atoms with Gasteiger partial charge in [-0.1, -0.05) is 29.3 Å². The number of benzene rings is 1. The first-order chi connectivity index (χ1) is 7.50. The molecule has 0 saturated heterocycles. The van der Waals surface area contributed by atoms with Crippen molar-refractivity contribution in [1.82, 2.24) is 4.98 Å². The number of fused-ring (bicyclic) bond motifs is 1. The standard InChI is InChI=1S/C11H6Cl3NO/c1-5-2-3-8(12)6-4-7(11(14)16)10(13)15-9(5)6/h2-4H,1H3. The number of carbonyl (C=O) groups is 1. The Morgan fingerprint density at radius 2 is 2.00 bits per heavy atom. The Kier molecular flexibility index (Phi) is 3.06. The minimum absolute atomic E-state index is 0.0952. The summed E-state index contributed by atoms with van der Waals surface area (Å²) in [5, 5.41) is 0.647. The Morgan fingerprint density at radius 1 is 1.31 bits per heavy atom. The number of pyridine rings is 1. The molecule has 0 bridgehead atoms. The van der Waals surface area contributed by atoms with E-state index in [1.54, 1.807) is 12.1 Å². The van der Waals surface area contributed by atoms with E-state index in [4.69, 9.17) is 34.8 Å². The molecular formula is C11H6Cl3NO. The van der Waals surface area contributed by atoms with Crippen molar-refractivity contribution in [2.24, 2.45) is 0 Å². The lowest BCUT2D eigenvalue weighted by molar-refractivity contribution is 0.108. The quantitative estimate of drug-likeness (QED) is 0.575. The normalized spacial score (nSPS) is 10.8. The summed E-state index contributed by atoms with van der Waals surface area (Å²) in [5.41, 5.74) is 1.79. The lowest BCUT2D eigenvalue weighted by atomic mass is 10.1. The minimum atomic E-state index is -0.642. The third-order valence-electron chi connectivity index (χ3n) is 2.30. The first-order valence-corrected chi connectivity index (χ1v) is 5.59. The van der Waals surface area contributed by atoms with Gasteiger partial charge >= 0.3 is 0 Å². The van der Waals surface area contributed by atoms with Crippen LogP contribution in [0.2, 0.25) is 10.2 Å². The van der Waals surface area contributed by atoms with Crippen molar-refractivity contribution in [2.75, 3.05) is 0 Å². The molecule has 1 aromatic heterocycles. The van der Waals surface area contributed by atoms with Gasteiger partial charge in [-0.2, -0.15) is 0 Å². The highest BCUT2D eigenvalue weighted by Gasteiger charge is 2.13. The van der Waals surface area contributed by atoms with Gasteiger partial charge in [-0.25, -0.2) is 4.98 Å². The number of nitrogens with zero attached hydrogens (tertiary/aromatic N) is 1. The maximum Gasteiger partial charge on any atom is 0.255 e. The van der Waals surface area contributed by atoms with Crippen LogP contribution < -0.4 is 0 Å². The second-order valence-corrected chi connectivity index (χ2v) is 4.47. The first kappa shape index (κ1) is 11.6. The Balaban J connectivity index is 2.89. The number of aromatic nitrogens is 1. The van der Waals surface area contributed by atoms with Crippen molar-refractivity contribution in [3.05, 3.63) is 39.5 Å². The third kappa shape index (κ3) is 1.88. The molecule has 0 N–H and O–H groups in total. The summed E-state index contributed by atoms with van der Waals surface area (Å²) in [6, 6.07) is 5.16. The zero-order valence-electron chi connectivity index (χ0n) is 8.22. The summed E-state index contributed by atoms with van der Waals surface area (Å²) in [6.45, 7) is 1.89. The van der Waals surface area contributed by atoms with Gasteiger partial charge in [-0.3, -0.25) is 4.79 Å².